The van der Waals surface area contributed by atoms with E-state index < -0.39 is 0 Å². The predicted molar refractivity (Wildman–Crippen MR) is 61.9 cm³/mol. The standard InChI is InChI=1S/C12H25NO2/c1-12(2,3)13-6-4-10(8-14)11-5-7-15-9-11/h10-11,13-14H,4-9H2,1-3H3. The molecular weight excluding hydrogens is 190 g/mol. The Morgan fingerprint density at radius 3 is 2.67 bits per heavy atom. The van der Waals surface area contributed by atoms with Crippen LogP contribution in [0.25, 0.3) is 0 Å². The molecule has 1 aliphatic heterocycles. The fourth-order valence-electron chi connectivity index (χ4n) is 2.03. The van der Waals surface area contributed by atoms with Gasteiger partial charge in [0.05, 0.1) is 0 Å². The van der Waals surface area contributed by atoms with E-state index in [2.05, 4.69) is 26.1 Å². The molecule has 1 rings (SSSR count). The fourth-order valence-corrected chi connectivity index (χ4v) is 2.03. The topological polar surface area (TPSA) is 41.5 Å². The van der Waals surface area contributed by atoms with Gasteiger partial charge < -0.3 is 15.2 Å². The molecule has 1 fully saturated rings. The second-order valence-electron chi connectivity index (χ2n) is 5.53. The number of aliphatic hydroxyl groups excluding tert-OH is 1. The summed E-state index contributed by atoms with van der Waals surface area (Å²) in [7, 11) is 0. The van der Waals surface area contributed by atoms with Gasteiger partial charge in [0.15, 0.2) is 0 Å². The summed E-state index contributed by atoms with van der Waals surface area (Å²) in [6, 6.07) is 0. The summed E-state index contributed by atoms with van der Waals surface area (Å²) < 4.78 is 5.36. The van der Waals surface area contributed by atoms with Crippen LogP contribution in [0, 0.1) is 11.8 Å². The largest absolute Gasteiger partial charge is 0.396 e. The Morgan fingerprint density at radius 2 is 2.20 bits per heavy atom. The van der Waals surface area contributed by atoms with Crippen molar-refractivity contribution < 1.29 is 9.84 Å². The minimum atomic E-state index is 0.173. The number of ether oxygens (including phenoxy) is 1. The van der Waals surface area contributed by atoms with Gasteiger partial charge in [0.2, 0.25) is 0 Å². The van der Waals surface area contributed by atoms with Crippen molar-refractivity contribution in [1.29, 1.82) is 0 Å². The molecule has 0 aliphatic carbocycles. The Bertz CT molecular complexity index is 171. The summed E-state index contributed by atoms with van der Waals surface area (Å²) >= 11 is 0. The molecule has 0 amide bonds. The smallest absolute Gasteiger partial charge is 0.0498 e. The van der Waals surface area contributed by atoms with Crippen LogP contribution in [0.4, 0.5) is 0 Å². The first-order chi connectivity index (χ1) is 7.03. The average Bonchev–Trinajstić information content (AvgIpc) is 2.63. The molecule has 3 nitrogen and oxygen atoms in total. The Labute approximate surface area is 93.2 Å². The highest BCUT2D eigenvalue weighted by molar-refractivity contribution is 4.76. The minimum absolute atomic E-state index is 0.173. The molecule has 0 radical (unpaired) electrons. The Kier molecular flexibility index (Phi) is 5.03. The molecule has 15 heavy (non-hydrogen) atoms. The van der Waals surface area contributed by atoms with E-state index in [1.165, 1.54) is 0 Å². The zero-order valence-corrected chi connectivity index (χ0v) is 10.3. The molecule has 0 aromatic carbocycles. The van der Waals surface area contributed by atoms with Crippen LogP contribution in [0.1, 0.15) is 33.6 Å². The monoisotopic (exact) mass is 215 g/mol. The van der Waals surface area contributed by atoms with Crippen LogP contribution in [-0.4, -0.2) is 37.0 Å². The minimum Gasteiger partial charge on any atom is -0.396 e. The fraction of sp³-hybridized carbons (Fsp3) is 1.00. The van der Waals surface area contributed by atoms with Gasteiger partial charge in [0, 0.05) is 25.4 Å². The number of aliphatic hydroxyl groups is 1. The van der Waals surface area contributed by atoms with Gasteiger partial charge in [-0.05, 0) is 52.0 Å². The summed E-state index contributed by atoms with van der Waals surface area (Å²) in [6.07, 6.45) is 2.16. The van der Waals surface area contributed by atoms with E-state index in [1.807, 2.05) is 0 Å². The van der Waals surface area contributed by atoms with Crippen LogP contribution in [0.2, 0.25) is 0 Å². The van der Waals surface area contributed by atoms with Crippen molar-refractivity contribution in [3.63, 3.8) is 0 Å². The van der Waals surface area contributed by atoms with Gasteiger partial charge in [-0.2, -0.15) is 0 Å². The van der Waals surface area contributed by atoms with E-state index in [1.54, 1.807) is 0 Å². The first-order valence-corrected chi connectivity index (χ1v) is 5.96. The predicted octanol–water partition coefficient (Wildman–Crippen LogP) is 1.41. The molecule has 2 atom stereocenters. The van der Waals surface area contributed by atoms with E-state index in [0.29, 0.717) is 18.4 Å². The molecule has 1 saturated heterocycles. The van der Waals surface area contributed by atoms with Crippen molar-refractivity contribution in [2.45, 2.75) is 39.2 Å². The van der Waals surface area contributed by atoms with Gasteiger partial charge >= 0.3 is 0 Å². The molecule has 0 aromatic heterocycles. The van der Waals surface area contributed by atoms with Crippen LogP contribution in [0.5, 0.6) is 0 Å². The quantitative estimate of drug-likeness (QED) is 0.728. The summed E-state index contributed by atoms with van der Waals surface area (Å²) in [6.45, 7) is 9.47. The molecule has 2 N–H and O–H groups in total. The summed E-state index contributed by atoms with van der Waals surface area (Å²) in [5.41, 5.74) is 0.173. The lowest BCUT2D eigenvalue weighted by molar-refractivity contribution is 0.133. The van der Waals surface area contributed by atoms with Crippen LogP contribution in [0.15, 0.2) is 0 Å². The van der Waals surface area contributed by atoms with E-state index in [4.69, 9.17) is 4.74 Å². The van der Waals surface area contributed by atoms with Crippen LogP contribution < -0.4 is 5.32 Å². The third-order valence-electron chi connectivity index (χ3n) is 3.04. The molecular formula is C12H25NO2. The molecule has 0 bridgehead atoms. The second-order valence-corrected chi connectivity index (χ2v) is 5.53. The van der Waals surface area contributed by atoms with Gasteiger partial charge in [-0.3, -0.25) is 0 Å². The Balaban J connectivity index is 2.21. The molecule has 2 unspecified atom stereocenters. The molecule has 1 heterocycles. The van der Waals surface area contributed by atoms with Crippen molar-refractivity contribution >= 4 is 0 Å². The zero-order chi connectivity index (χ0) is 11.3. The van der Waals surface area contributed by atoms with E-state index in [9.17, 15) is 5.11 Å². The molecule has 0 spiro atoms. The maximum absolute atomic E-state index is 9.33. The lowest BCUT2D eigenvalue weighted by Crippen LogP contribution is -2.38. The summed E-state index contributed by atoms with van der Waals surface area (Å²) in [5.74, 6) is 0.971. The number of hydrogen-bond acceptors (Lipinski definition) is 3. The maximum atomic E-state index is 9.33. The first kappa shape index (κ1) is 12.9. The molecule has 0 aromatic rings. The maximum Gasteiger partial charge on any atom is 0.0498 e. The highest BCUT2D eigenvalue weighted by Gasteiger charge is 2.25. The van der Waals surface area contributed by atoms with Crippen LogP contribution in [-0.2, 0) is 4.74 Å². The van der Waals surface area contributed by atoms with Crippen molar-refractivity contribution in [3.8, 4) is 0 Å². The molecule has 90 valence electrons. The van der Waals surface area contributed by atoms with Crippen molar-refractivity contribution in [1.82, 2.24) is 5.32 Å². The number of hydrogen-bond donors (Lipinski definition) is 2. The summed E-state index contributed by atoms with van der Waals surface area (Å²) in [4.78, 5) is 0. The van der Waals surface area contributed by atoms with Crippen LogP contribution >= 0.6 is 0 Å². The van der Waals surface area contributed by atoms with Gasteiger partial charge in [-0.1, -0.05) is 0 Å². The summed E-state index contributed by atoms with van der Waals surface area (Å²) in [5, 5.41) is 12.8. The van der Waals surface area contributed by atoms with E-state index >= 15 is 0 Å². The number of rotatable bonds is 5. The number of nitrogens with one attached hydrogen (secondary N) is 1. The van der Waals surface area contributed by atoms with Gasteiger partial charge in [-0.15, -0.1) is 0 Å². The Morgan fingerprint density at radius 1 is 1.47 bits per heavy atom. The van der Waals surface area contributed by atoms with Gasteiger partial charge in [0.25, 0.3) is 0 Å². The lowest BCUT2D eigenvalue weighted by Gasteiger charge is -2.24. The highest BCUT2D eigenvalue weighted by atomic mass is 16.5. The van der Waals surface area contributed by atoms with Crippen molar-refractivity contribution in [3.05, 3.63) is 0 Å². The third kappa shape index (κ3) is 4.96. The Hall–Kier alpha value is -0.120. The van der Waals surface area contributed by atoms with Crippen LogP contribution in [0.3, 0.4) is 0 Å². The van der Waals surface area contributed by atoms with Crippen molar-refractivity contribution in [2.75, 3.05) is 26.4 Å². The van der Waals surface area contributed by atoms with E-state index in [0.717, 1.165) is 32.6 Å². The average molecular weight is 215 g/mol. The molecule has 1 aliphatic rings. The third-order valence-corrected chi connectivity index (χ3v) is 3.04. The first-order valence-electron chi connectivity index (χ1n) is 5.96. The van der Waals surface area contributed by atoms with E-state index in [-0.39, 0.29) is 5.54 Å². The van der Waals surface area contributed by atoms with Gasteiger partial charge in [-0.25, -0.2) is 0 Å². The normalized spacial score (nSPS) is 24.4. The lowest BCUT2D eigenvalue weighted by atomic mass is 9.89. The molecule has 3 heteroatoms. The zero-order valence-electron chi connectivity index (χ0n) is 10.3. The molecule has 0 saturated carbocycles. The van der Waals surface area contributed by atoms with Crippen molar-refractivity contribution in [2.24, 2.45) is 11.8 Å². The SMILES string of the molecule is CC(C)(C)NCCC(CO)C1CCOC1. The van der Waals surface area contributed by atoms with Gasteiger partial charge in [0.1, 0.15) is 0 Å². The second kappa shape index (κ2) is 5.83. The highest BCUT2D eigenvalue weighted by Crippen LogP contribution is 2.24.